The zero-order chi connectivity index (χ0) is 12.3. The highest BCUT2D eigenvalue weighted by molar-refractivity contribution is 5.06. The van der Waals surface area contributed by atoms with Crippen molar-refractivity contribution in [2.24, 2.45) is 5.41 Å². The van der Waals surface area contributed by atoms with Gasteiger partial charge < -0.3 is 9.64 Å². The zero-order valence-corrected chi connectivity index (χ0v) is 11.7. The number of hydrogen-bond donors (Lipinski definition) is 0. The van der Waals surface area contributed by atoms with Crippen molar-refractivity contribution in [3.63, 3.8) is 0 Å². The Bertz CT molecular complexity index is 228. The van der Waals surface area contributed by atoms with E-state index in [1.807, 2.05) is 0 Å². The maximum absolute atomic E-state index is 5.36. The Labute approximate surface area is 106 Å². The van der Waals surface area contributed by atoms with Gasteiger partial charge in [0, 0.05) is 50.8 Å². The smallest absolute Gasteiger partial charge is 0.0466 e. The molecule has 0 aromatic carbocycles. The van der Waals surface area contributed by atoms with E-state index in [1.54, 1.807) is 0 Å². The van der Waals surface area contributed by atoms with Crippen molar-refractivity contribution in [1.29, 1.82) is 0 Å². The van der Waals surface area contributed by atoms with Gasteiger partial charge in [-0.1, -0.05) is 0 Å². The summed E-state index contributed by atoms with van der Waals surface area (Å²) in [6.07, 6.45) is 2.51. The molecule has 100 valence electrons. The summed E-state index contributed by atoms with van der Waals surface area (Å²) in [5.74, 6) is 0. The van der Waals surface area contributed by atoms with E-state index in [4.69, 9.17) is 4.74 Å². The molecule has 0 radical (unpaired) electrons. The Morgan fingerprint density at radius 3 is 2.41 bits per heavy atom. The molecule has 0 N–H and O–H groups in total. The Balaban J connectivity index is 1.49. The molecule has 2 heterocycles. The molecular weight excluding hydrogens is 212 g/mol. The van der Waals surface area contributed by atoms with Crippen molar-refractivity contribution in [1.82, 2.24) is 9.80 Å². The predicted molar refractivity (Wildman–Crippen MR) is 71.3 cm³/mol. The Hall–Kier alpha value is -0.120. The molecule has 0 aromatic heterocycles. The van der Waals surface area contributed by atoms with Crippen molar-refractivity contribution in [2.75, 3.05) is 45.9 Å². The predicted octanol–water partition coefficient (Wildman–Crippen LogP) is 1.83. The molecule has 0 atom stereocenters. The van der Waals surface area contributed by atoms with E-state index in [2.05, 4.69) is 30.6 Å². The lowest BCUT2D eigenvalue weighted by Gasteiger charge is -2.61. The second-order valence-corrected chi connectivity index (χ2v) is 6.11. The van der Waals surface area contributed by atoms with Crippen LogP contribution in [0.2, 0.25) is 0 Å². The summed E-state index contributed by atoms with van der Waals surface area (Å²) in [7, 11) is 0. The highest BCUT2D eigenvalue weighted by atomic mass is 16.5. The van der Waals surface area contributed by atoms with Gasteiger partial charge in [0.25, 0.3) is 0 Å². The molecule has 0 aliphatic carbocycles. The molecule has 3 heteroatoms. The maximum atomic E-state index is 5.36. The quantitative estimate of drug-likeness (QED) is 0.631. The van der Waals surface area contributed by atoms with Gasteiger partial charge in [-0.2, -0.15) is 0 Å². The monoisotopic (exact) mass is 240 g/mol. The third kappa shape index (κ3) is 3.21. The van der Waals surface area contributed by atoms with Crippen LogP contribution < -0.4 is 0 Å². The second kappa shape index (κ2) is 5.68. The average Bonchev–Trinajstić information content (AvgIpc) is 2.16. The molecule has 2 rings (SSSR count). The van der Waals surface area contributed by atoms with Gasteiger partial charge >= 0.3 is 0 Å². The van der Waals surface area contributed by atoms with Crippen molar-refractivity contribution in [2.45, 2.75) is 39.7 Å². The normalized spacial score (nSPS) is 24.0. The summed E-state index contributed by atoms with van der Waals surface area (Å²) >= 11 is 0. The van der Waals surface area contributed by atoms with Crippen LogP contribution in [0.4, 0.5) is 0 Å². The average molecular weight is 240 g/mol. The molecule has 0 saturated carbocycles. The summed E-state index contributed by atoms with van der Waals surface area (Å²) in [5.41, 5.74) is 0.685. The molecule has 3 nitrogen and oxygen atoms in total. The molecular formula is C14H28N2O. The van der Waals surface area contributed by atoms with E-state index in [9.17, 15) is 0 Å². The highest BCUT2D eigenvalue weighted by Crippen LogP contribution is 2.40. The van der Waals surface area contributed by atoms with Gasteiger partial charge in [0.2, 0.25) is 0 Å². The van der Waals surface area contributed by atoms with Gasteiger partial charge in [0.1, 0.15) is 0 Å². The first kappa shape index (κ1) is 13.3. The summed E-state index contributed by atoms with van der Waals surface area (Å²) in [5, 5.41) is 0. The first-order valence-electron chi connectivity index (χ1n) is 7.19. The fraction of sp³-hybridized carbons (Fsp3) is 1.00. The van der Waals surface area contributed by atoms with E-state index in [0.717, 1.165) is 19.3 Å². The van der Waals surface area contributed by atoms with Gasteiger partial charge in [-0.3, -0.25) is 4.90 Å². The molecule has 0 unspecified atom stereocenters. The Kier molecular flexibility index (Phi) is 4.45. The number of rotatable bonds is 7. The Morgan fingerprint density at radius 1 is 1.12 bits per heavy atom. The van der Waals surface area contributed by atoms with Crippen LogP contribution in [0, 0.1) is 5.41 Å². The number of likely N-dealkylation sites (tertiary alicyclic amines) is 2. The van der Waals surface area contributed by atoms with E-state index in [-0.39, 0.29) is 0 Å². The minimum Gasteiger partial charge on any atom is -0.382 e. The first-order chi connectivity index (χ1) is 8.15. The van der Waals surface area contributed by atoms with Crippen LogP contribution in [0.15, 0.2) is 0 Å². The van der Waals surface area contributed by atoms with Crippen LogP contribution in [-0.4, -0.2) is 61.8 Å². The summed E-state index contributed by atoms with van der Waals surface area (Å²) in [6.45, 7) is 15.1. The minimum atomic E-state index is 0.685. The lowest BCUT2D eigenvalue weighted by atomic mass is 9.72. The summed E-state index contributed by atoms with van der Waals surface area (Å²) < 4.78 is 5.36. The lowest BCUT2D eigenvalue weighted by Crippen LogP contribution is -2.72. The molecule has 2 aliphatic rings. The van der Waals surface area contributed by atoms with Gasteiger partial charge in [0.15, 0.2) is 0 Å². The van der Waals surface area contributed by atoms with Gasteiger partial charge in [-0.05, 0) is 40.2 Å². The van der Waals surface area contributed by atoms with Crippen molar-refractivity contribution < 1.29 is 4.74 Å². The summed E-state index contributed by atoms with van der Waals surface area (Å²) in [6, 6.07) is 0.737. The van der Waals surface area contributed by atoms with E-state index in [1.165, 1.54) is 45.6 Å². The fourth-order valence-electron chi connectivity index (χ4n) is 3.12. The van der Waals surface area contributed by atoms with E-state index >= 15 is 0 Å². The molecule has 1 spiro atoms. The third-order valence-corrected chi connectivity index (χ3v) is 4.14. The van der Waals surface area contributed by atoms with Crippen LogP contribution in [0.1, 0.15) is 33.6 Å². The number of unbranched alkanes of at least 4 members (excludes halogenated alkanes) is 1. The molecule has 0 aromatic rings. The number of ether oxygens (including phenoxy) is 1. The van der Waals surface area contributed by atoms with Gasteiger partial charge in [-0.25, -0.2) is 0 Å². The SMILES string of the molecule is CCOCCCCN1CC2(C1)CN(C(C)C)C2. The Morgan fingerprint density at radius 2 is 1.82 bits per heavy atom. The number of hydrogen-bond acceptors (Lipinski definition) is 3. The van der Waals surface area contributed by atoms with Crippen LogP contribution in [0.3, 0.4) is 0 Å². The van der Waals surface area contributed by atoms with Crippen LogP contribution in [0.5, 0.6) is 0 Å². The molecule has 0 amide bonds. The van der Waals surface area contributed by atoms with Gasteiger partial charge in [0.05, 0.1) is 0 Å². The van der Waals surface area contributed by atoms with Crippen molar-refractivity contribution in [3.8, 4) is 0 Å². The van der Waals surface area contributed by atoms with Crippen LogP contribution >= 0.6 is 0 Å². The second-order valence-electron chi connectivity index (χ2n) is 6.11. The first-order valence-corrected chi connectivity index (χ1v) is 7.19. The minimum absolute atomic E-state index is 0.685. The zero-order valence-electron chi connectivity index (χ0n) is 11.7. The molecule has 2 aliphatic heterocycles. The van der Waals surface area contributed by atoms with Crippen LogP contribution in [0.25, 0.3) is 0 Å². The fourth-order valence-corrected chi connectivity index (χ4v) is 3.12. The van der Waals surface area contributed by atoms with E-state index in [0.29, 0.717) is 5.41 Å². The largest absolute Gasteiger partial charge is 0.382 e. The topological polar surface area (TPSA) is 15.7 Å². The lowest BCUT2D eigenvalue weighted by molar-refractivity contribution is -0.125. The van der Waals surface area contributed by atoms with Crippen LogP contribution in [-0.2, 0) is 4.74 Å². The number of nitrogens with zero attached hydrogens (tertiary/aromatic N) is 2. The maximum Gasteiger partial charge on any atom is 0.0466 e. The van der Waals surface area contributed by atoms with Crippen molar-refractivity contribution >= 4 is 0 Å². The summed E-state index contributed by atoms with van der Waals surface area (Å²) in [4.78, 5) is 5.20. The van der Waals surface area contributed by atoms with E-state index < -0.39 is 0 Å². The molecule has 2 fully saturated rings. The molecule has 0 bridgehead atoms. The van der Waals surface area contributed by atoms with Gasteiger partial charge in [-0.15, -0.1) is 0 Å². The highest BCUT2D eigenvalue weighted by Gasteiger charge is 2.51. The molecule has 2 saturated heterocycles. The standard InChI is InChI=1S/C14H28N2O/c1-4-17-8-6-5-7-15-9-14(10-15)11-16(12-14)13(2)3/h13H,4-12H2,1-3H3. The molecule has 17 heavy (non-hydrogen) atoms. The third-order valence-electron chi connectivity index (χ3n) is 4.14. The van der Waals surface area contributed by atoms with Crippen molar-refractivity contribution in [3.05, 3.63) is 0 Å².